The predicted molar refractivity (Wildman–Crippen MR) is 73.1 cm³/mol. The molecule has 1 amide bonds. The number of hydrogen-bond acceptors (Lipinski definition) is 3. The van der Waals surface area contributed by atoms with Crippen molar-refractivity contribution in [3.63, 3.8) is 0 Å². The molecule has 2 N–H and O–H groups in total. The third kappa shape index (κ3) is 3.69. The van der Waals surface area contributed by atoms with Gasteiger partial charge in [-0.25, -0.2) is 0 Å². The maximum absolute atomic E-state index is 11.8. The standard InChI is InChI=1S/C14H18ClNO3/c1-10-14(18,6-7-19-10)9-16-13(17)8-11-2-4-12(15)5-3-11/h2-5,10,18H,6-9H2,1H3,(H,16,17). The van der Waals surface area contributed by atoms with Gasteiger partial charge < -0.3 is 15.2 Å². The Kier molecular flexibility index (Phi) is 4.45. The first kappa shape index (κ1) is 14.3. The Hall–Kier alpha value is -1.10. The van der Waals surface area contributed by atoms with Crippen LogP contribution in [0.15, 0.2) is 24.3 Å². The molecule has 0 bridgehead atoms. The van der Waals surface area contributed by atoms with Crippen LogP contribution in [0.3, 0.4) is 0 Å². The fourth-order valence-corrected chi connectivity index (χ4v) is 2.23. The molecule has 0 aromatic heterocycles. The second-order valence-corrected chi connectivity index (χ2v) is 5.38. The summed E-state index contributed by atoms with van der Waals surface area (Å²) in [7, 11) is 0. The van der Waals surface area contributed by atoms with Gasteiger partial charge >= 0.3 is 0 Å². The van der Waals surface area contributed by atoms with Gasteiger partial charge in [0.15, 0.2) is 0 Å². The lowest BCUT2D eigenvalue weighted by Crippen LogP contribution is -2.47. The lowest BCUT2D eigenvalue weighted by molar-refractivity contribution is -0.122. The first-order chi connectivity index (χ1) is 8.99. The number of benzene rings is 1. The van der Waals surface area contributed by atoms with Crippen molar-refractivity contribution in [2.75, 3.05) is 13.2 Å². The summed E-state index contributed by atoms with van der Waals surface area (Å²) in [5.74, 6) is -0.116. The van der Waals surface area contributed by atoms with Crippen molar-refractivity contribution >= 4 is 17.5 Å². The Morgan fingerprint density at radius 3 is 2.79 bits per heavy atom. The van der Waals surface area contributed by atoms with E-state index in [9.17, 15) is 9.90 Å². The first-order valence-electron chi connectivity index (χ1n) is 6.35. The van der Waals surface area contributed by atoms with Crippen molar-refractivity contribution in [2.24, 2.45) is 0 Å². The second kappa shape index (κ2) is 5.90. The average molecular weight is 284 g/mol. The Labute approximate surface area is 117 Å². The van der Waals surface area contributed by atoms with Crippen LogP contribution < -0.4 is 5.32 Å². The van der Waals surface area contributed by atoms with Gasteiger partial charge in [-0.05, 0) is 24.6 Å². The van der Waals surface area contributed by atoms with Gasteiger partial charge in [0.25, 0.3) is 0 Å². The van der Waals surface area contributed by atoms with Gasteiger partial charge in [0.2, 0.25) is 5.91 Å². The minimum Gasteiger partial charge on any atom is -0.385 e. The summed E-state index contributed by atoms with van der Waals surface area (Å²) in [6.45, 7) is 2.57. The van der Waals surface area contributed by atoms with Gasteiger partial charge in [-0.3, -0.25) is 4.79 Å². The van der Waals surface area contributed by atoms with E-state index in [0.29, 0.717) is 18.1 Å². The van der Waals surface area contributed by atoms with E-state index >= 15 is 0 Å². The van der Waals surface area contributed by atoms with Crippen LogP contribution in [0.1, 0.15) is 18.9 Å². The summed E-state index contributed by atoms with van der Waals surface area (Å²) in [5.41, 5.74) is -0.0556. The molecule has 4 nitrogen and oxygen atoms in total. The lowest BCUT2D eigenvalue weighted by atomic mass is 9.96. The van der Waals surface area contributed by atoms with Gasteiger partial charge in [0.1, 0.15) is 5.60 Å². The molecule has 1 fully saturated rings. The van der Waals surface area contributed by atoms with Crippen molar-refractivity contribution in [1.82, 2.24) is 5.32 Å². The molecule has 0 spiro atoms. The lowest BCUT2D eigenvalue weighted by Gasteiger charge is -2.26. The molecule has 2 atom stereocenters. The monoisotopic (exact) mass is 283 g/mol. The number of nitrogens with one attached hydrogen (secondary N) is 1. The molecule has 5 heteroatoms. The van der Waals surface area contributed by atoms with Gasteiger partial charge in [-0.15, -0.1) is 0 Å². The first-order valence-corrected chi connectivity index (χ1v) is 6.72. The van der Waals surface area contributed by atoms with E-state index in [2.05, 4.69) is 5.32 Å². The number of ether oxygens (including phenoxy) is 1. The summed E-state index contributed by atoms with van der Waals surface area (Å²) < 4.78 is 5.32. The molecule has 1 aromatic rings. The van der Waals surface area contributed by atoms with Gasteiger partial charge in [0, 0.05) is 24.6 Å². The van der Waals surface area contributed by atoms with Crippen LogP contribution in [0.2, 0.25) is 5.02 Å². The molecule has 104 valence electrons. The molecule has 2 unspecified atom stereocenters. The van der Waals surface area contributed by atoms with Crippen LogP contribution in [-0.4, -0.2) is 35.9 Å². The molecule has 0 radical (unpaired) electrons. The molecule has 19 heavy (non-hydrogen) atoms. The van der Waals surface area contributed by atoms with E-state index in [4.69, 9.17) is 16.3 Å². The second-order valence-electron chi connectivity index (χ2n) is 4.95. The molecule has 2 rings (SSSR count). The van der Waals surface area contributed by atoms with Crippen molar-refractivity contribution < 1.29 is 14.6 Å². The van der Waals surface area contributed by atoms with Crippen LogP contribution >= 0.6 is 11.6 Å². The summed E-state index contributed by atoms with van der Waals surface area (Å²) in [6, 6.07) is 7.14. The van der Waals surface area contributed by atoms with Crippen LogP contribution in [0.25, 0.3) is 0 Å². The SMILES string of the molecule is CC1OCCC1(O)CNC(=O)Cc1ccc(Cl)cc1. The molecule has 1 saturated heterocycles. The summed E-state index contributed by atoms with van der Waals surface area (Å²) in [5, 5.41) is 13.7. The van der Waals surface area contributed by atoms with Crippen LogP contribution in [0, 0.1) is 0 Å². The zero-order chi connectivity index (χ0) is 13.9. The fraction of sp³-hybridized carbons (Fsp3) is 0.500. The molecule has 1 aliphatic heterocycles. The molecule has 0 saturated carbocycles. The molecule has 1 heterocycles. The van der Waals surface area contributed by atoms with Crippen LogP contribution in [-0.2, 0) is 16.0 Å². The quantitative estimate of drug-likeness (QED) is 0.881. The Bertz CT molecular complexity index is 449. The van der Waals surface area contributed by atoms with Crippen molar-refractivity contribution in [2.45, 2.75) is 31.5 Å². The average Bonchev–Trinajstić information content (AvgIpc) is 2.71. The Morgan fingerprint density at radius 1 is 1.53 bits per heavy atom. The molecular weight excluding hydrogens is 266 g/mol. The number of carbonyl (C=O) groups excluding carboxylic acids is 1. The maximum Gasteiger partial charge on any atom is 0.224 e. The largest absolute Gasteiger partial charge is 0.385 e. The van der Waals surface area contributed by atoms with E-state index in [1.165, 1.54) is 0 Å². The summed E-state index contributed by atoms with van der Waals surface area (Å²) in [4.78, 5) is 11.8. The highest BCUT2D eigenvalue weighted by molar-refractivity contribution is 6.30. The van der Waals surface area contributed by atoms with Crippen LogP contribution in [0.4, 0.5) is 0 Å². The van der Waals surface area contributed by atoms with Crippen molar-refractivity contribution in [1.29, 1.82) is 0 Å². The number of aliphatic hydroxyl groups is 1. The molecular formula is C14H18ClNO3. The highest BCUT2D eigenvalue weighted by Crippen LogP contribution is 2.24. The van der Waals surface area contributed by atoms with Gasteiger partial charge in [0.05, 0.1) is 12.5 Å². The van der Waals surface area contributed by atoms with E-state index < -0.39 is 5.60 Å². The third-order valence-corrected chi connectivity index (χ3v) is 3.78. The zero-order valence-corrected chi connectivity index (χ0v) is 11.6. The number of halogens is 1. The van der Waals surface area contributed by atoms with E-state index in [0.717, 1.165) is 5.56 Å². The van der Waals surface area contributed by atoms with Gasteiger partial charge in [-0.2, -0.15) is 0 Å². The minimum absolute atomic E-state index is 0.116. The Balaban J connectivity index is 1.83. The van der Waals surface area contributed by atoms with E-state index in [1.54, 1.807) is 12.1 Å². The smallest absolute Gasteiger partial charge is 0.224 e. The highest BCUT2D eigenvalue weighted by Gasteiger charge is 2.39. The number of carbonyl (C=O) groups is 1. The minimum atomic E-state index is -0.949. The number of hydrogen-bond donors (Lipinski definition) is 2. The van der Waals surface area contributed by atoms with E-state index in [1.807, 2.05) is 19.1 Å². The molecule has 1 aliphatic rings. The van der Waals surface area contributed by atoms with Crippen molar-refractivity contribution in [3.8, 4) is 0 Å². The summed E-state index contributed by atoms with van der Waals surface area (Å²) >= 11 is 5.78. The third-order valence-electron chi connectivity index (χ3n) is 3.53. The number of rotatable bonds is 4. The molecule has 1 aromatic carbocycles. The highest BCUT2D eigenvalue weighted by atomic mass is 35.5. The van der Waals surface area contributed by atoms with Crippen molar-refractivity contribution in [3.05, 3.63) is 34.9 Å². The van der Waals surface area contributed by atoms with Gasteiger partial charge in [-0.1, -0.05) is 23.7 Å². The predicted octanol–water partition coefficient (Wildman–Crippen LogP) is 1.54. The number of amides is 1. The van der Waals surface area contributed by atoms with E-state index in [-0.39, 0.29) is 25.0 Å². The zero-order valence-electron chi connectivity index (χ0n) is 10.9. The normalized spacial score (nSPS) is 26.4. The maximum atomic E-state index is 11.8. The topological polar surface area (TPSA) is 58.6 Å². The van der Waals surface area contributed by atoms with Crippen LogP contribution in [0.5, 0.6) is 0 Å². The Morgan fingerprint density at radius 2 is 2.21 bits per heavy atom. The molecule has 0 aliphatic carbocycles. The fourth-order valence-electron chi connectivity index (χ4n) is 2.10. The summed E-state index contributed by atoms with van der Waals surface area (Å²) in [6.07, 6.45) is 0.584.